The van der Waals surface area contributed by atoms with Crippen LogP contribution in [0.5, 0.6) is 0 Å². The van der Waals surface area contributed by atoms with E-state index in [9.17, 15) is 9.59 Å². The second kappa shape index (κ2) is 6.42. The van der Waals surface area contributed by atoms with Gasteiger partial charge in [0, 0.05) is 20.4 Å². The van der Waals surface area contributed by atoms with Gasteiger partial charge in [0.1, 0.15) is 12.7 Å². The zero-order valence-electron chi connectivity index (χ0n) is 8.12. The van der Waals surface area contributed by atoms with Gasteiger partial charge in [-0.25, -0.2) is 0 Å². The molecule has 0 amide bonds. The SMILES string of the molecule is CNC[C@@H](COC(C)=O)OC(C)=O. The van der Waals surface area contributed by atoms with Crippen LogP contribution >= 0.6 is 0 Å². The molecule has 0 spiro atoms. The molecule has 0 aromatic rings. The second-order valence-corrected chi connectivity index (χ2v) is 2.59. The Morgan fingerprint density at radius 3 is 2.31 bits per heavy atom. The number of esters is 2. The highest BCUT2D eigenvalue weighted by atomic mass is 16.6. The lowest BCUT2D eigenvalue weighted by atomic mass is 10.4. The van der Waals surface area contributed by atoms with Gasteiger partial charge in [0.25, 0.3) is 0 Å². The highest BCUT2D eigenvalue weighted by Crippen LogP contribution is 1.93. The average molecular weight is 189 g/mol. The van der Waals surface area contributed by atoms with Crippen LogP contribution in [0.3, 0.4) is 0 Å². The summed E-state index contributed by atoms with van der Waals surface area (Å²) < 4.78 is 9.56. The molecule has 1 N–H and O–H groups in total. The minimum atomic E-state index is -0.411. The van der Waals surface area contributed by atoms with Crippen LogP contribution in [-0.2, 0) is 19.1 Å². The fraction of sp³-hybridized carbons (Fsp3) is 0.750. The van der Waals surface area contributed by atoms with Crippen LogP contribution in [0.15, 0.2) is 0 Å². The summed E-state index contributed by atoms with van der Waals surface area (Å²) >= 11 is 0. The number of ether oxygens (including phenoxy) is 2. The van der Waals surface area contributed by atoms with Crippen LogP contribution in [0.1, 0.15) is 13.8 Å². The van der Waals surface area contributed by atoms with Gasteiger partial charge in [0.2, 0.25) is 0 Å². The van der Waals surface area contributed by atoms with Crippen molar-refractivity contribution in [2.45, 2.75) is 20.0 Å². The van der Waals surface area contributed by atoms with Crippen molar-refractivity contribution < 1.29 is 19.1 Å². The van der Waals surface area contributed by atoms with Gasteiger partial charge in [-0.3, -0.25) is 9.59 Å². The van der Waals surface area contributed by atoms with E-state index in [0.717, 1.165) is 0 Å². The number of carbonyl (C=O) groups is 2. The van der Waals surface area contributed by atoms with Crippen LogP contribution < -0.4 is 5.32 Å². The smallest absolute Gasteiger partial charge is 0.303 e. The van der Waals surface area contributed by atoms with Gasteiger partial charge in [0.05, 0.1) is 0 Å². The Kier molecular flexibility index (Phi) is 5.88. The van der Waals surface area contributed by atoms with Crippen molar-refractivity contribution in [2.24, 2.45) is 0 Å². The number of nitrogens with one attached hydrogen (secondary N) is 1. The molecular formula is C8H15NO4. The number of likely N-dealkylation sites (N-methyl/N-ethyl adjacent to an activating group) is 1. The molecule has 0 aliphatic rings. The molecular weight excluding hydrogens is 174 g/mol. The lowest BCUT2D eigenvalue weighted by Crippen LogP contribution is -2.33. The summed E-state index contributed by atoms with van der Waals surface area (Å²) in [7, 11) is 1.73. The van der Waals surface area contributed by atoms with E-state index in [0.29, 0.717) is 6.54 Å². The summed E-state index contributed by atoms with van der Waals surface area (Å²) in [6.07, 6.45) is -0.411. The monoisotopic (exact) mass is 189 g/mol. The molecule has 5 nitrogen and oxygen atoms in total. The highest BCUT2D eigenvalue weighted by Gasteiger charge is 2.12. The molecule has 0 rings (SSSR count). The fourth-order valence-electron chi connectivity index (χ4n) is 0.807. The molecule has 0 unspecified atom stereocenters. The zero-order chi connectivity index (χ0) is 10.3. The Morgan fingerprint density at radius 1 is 1.31 bits per heavy atom. The van der Waals surface area contributed by atoms with Crippen molar-refractivity contribution in [1.29, 1.82) is 0 Å². The van der Waals surface area contributed by atoms with E-state index in [1.54, 1.807) is 7.05 Å². The molecule has 1 atom stereocenters. The lowest BCUT2D eigenvalue weighted by Gasteiger charge is -2.15. The van der Waals surface area contributed by atoms with E-state index in [2.05, 4.69) is 5.32 Å². The summed E-state index contributed by atoms with van der Waals surface area (Å²) in [6.45, 7) is 3.18. The minimum absolute atomic E-state index is 0.0930. The van der Waals surface area contributed by atoms with Crippen molar-refractivity contribution in [3.63, 3.8) is 0 Å². The molecule has 13 heavy (non-hydrogen) atoms. The van der Waals surface area contributed by atoms with Gasteiger partial charge >= 0.3 is 11.9 Å². The predicted octanol–water partition coefficient (Wildman–Crippen LogP) is -0.299. The van der Waals surface area contributed by atoms with E-state index >= 15 is 0 Å². The van der Waals surface area contributed by atoms with Gasteiger partial charge in [-0.2, -0.15) is 0 Å². The van der Waals surface area contributed by atoms with E-state index in [-0.39, 0.29) is 18.5 Å². The highest BCUT2D eigenvalue weighted by molar-refractivity contribution is 5.67. The molecule has 0 aromatic carbocycles. The topological polar surface area (TPSA) is 64.6 Å². The van der Waals surface area contributed by atoms with Gasteiger partial charge in [-0.15, -0.1) is 0 Å². The van der Waals surface area contributed by atoms with Gasteiger partial charge < -0.3 is 14.8 Å². The molecule has 0 saturated heterocycles. The predicted molar refractivity (Wildman–Crippen MR) is 46.1 cm³/mol. The Balaban J connectivity index is 3.79. The van der Waals surface area contributed by atoms with E-state index in [1.807, 2.05) is 0 Å². The van der Waals surface area contributed by atoms with Gasteiger partial charge in [-0.1, -0.05) is 0 Å². The number of rotatable bonds is 5. The third-order valence-electron chi connectivity index (χ3n) is 1.24. The Bertz CT molecular complexity index is 181. The van der Waals surface area contributed by atoms with Crippen molar-refractivity contribution in [3.8, 4) is 0 Å². The maximum absolute atomic E-state index is 10.6. The van der Waals surface area contributed by atoms with Crippen molar-refractivity contribution in [2.75, 3.05) is 20.2 Å². The normalized spacial score (nSPS) is 11.9. The Labute approximate surface area is 77.4 Å². The molecule has 5 heteroatoms. The molecule has 0 aliphatic carbocycles. The number of hydrogen-bond donors (Lipinski definition) is 1. The summed E-state index contributed by atoms with van der Waals surface area (Å²) in [6, 6.07) is 0. The van der Waals surface area contributed by atoms with E-state index < -0.39 is 6.10 Å². The maximum Gasteiger partial charge on any atom is 0.303 e. The first-order valence-corrected chi connectivity index (χ1v) is 4.01. The zero-order valence-corrected chi connectivity index (χ0v) is 8.12. The molecule has 0 heterocycles. The first kappa shape index (κ1) is 11.9. The lowest BCUT2D eigenvalue weighted by molar-refractivity contribution is -0.155. The summed E-state index contributed by atoms with van der Waals surface area (Å²) in [5, 5.41) is 2.83. The fourth-order valence-corrected chi connectivity index (χ4v) is 0.807. The summed E-state index contributed by atoms with van der Waals surface area (Å²) in [5.41, 5.74) is 0. The van der Waals surface area contributed by atoms with Gasteiger partial charge in [-0.05, 0) is 7.05 Å². The van der Waals surface area contributed by atoms with Crippen LogP contribution in [0.25, 0.3) is 0 Å². The largest absolute Gasteiger partial charge is 0.462 e. The molecule has 76 valence electrons. The van der Waals surface area contributed by atoms with E-state index in [1.165, 1.54) is 13.8 Å². The van der Waals surface area contributed by atoms with Crippen molar-refractivity contribution >= 4 is 11.9 Å². The summed E-state index contributed by atoms with van der Waals surface area (Å²) in [5.74, 6) is -0.763. The summed E-state index contributed by atoms with van der Waals surface area (Å²) in [4.78, 5) is 21.0. The standard InChI is InChI=1S/C8H15NO4/c1-6(10)12-5-8(4-9-3)13-7(2)11/h8-9H,4-5H2,1-3H3/t8-/m0/s1. The first-order valence-electron chi connectivity index (χ1n) is 4.01. The van der Waals surface area contributed by atoms with Crippen LogP contribution in [-0.4, -0.2) is 38.2 Å². The van der Waals surface area contributed by atoms with Gasteiger partial charge in [0.15, 0.2) is 0 Å². The molecule has 0 radical (unpaired) electrons. The third kappa shape index (κ3) is 7.27. The van der Waals surface area contributed by atoms with Crippen LogP contribution in [0, 0.1) is 0 Å². The first-order chi connectivity index (χ1) is 6.06. The molecule has 0 aromatic heterocycles. The van der Waals surface area contributed by atoms with Crippen molar-refractivity contribution in [3.05, 3.63) is 0 Å². The molecule has 0 bridgehead atoms. The van der Waals surface area contributed by atoms with Crippen LogP contribution in [0.4, 0.5) is 0 Å². The quantitative estimate of drug-likeness (QED) is 0.601. The number of hydrogen-bond acceptors (Lipinski definition) is 5. The molecule has 0 saturated carbocycles. The van der Waals surface area contributed by atoms with E-state index in [4.69, 9.17) is 9.47 Å². The number of carbonyl (C=O) groups excluding carboxylic acids is 2. The molecule has 0 fully saturated rings. The van der Waals surface area contributed by atoms with Crippen molar-refractivity contribution in [1.82, 2.24) is 5.32 Å². The molecule has 0 aliphatic heterocycles. The second-order valence-electron chi connectivity index (χ2n) is 2.59. The maximum atomic E-state index is 10.6. The Morgan fingerprint density at radius 2 is 1.92 bits per heavy atom. The average Bonchev–Trinajstić information content (AvgIpc) is 1.99. The minimum Gasteiger partial charge on any atom is -0.462 e. The third-order valence-corrected chi connectivity index (χ3v) is 1.24. The van der Waals surface area contributed by atoms with Crippen LogP contribution in [0.2, 0.25) is 0 Å². The Hall–Kier alpha value is -1.10.